The molecule has 1 heterocycles. The minimum Gasteiger partial charge on any atom is -0.495 e. The SMILES string of the molecule is COc1cc(Cl)c(C)cc1N1CC(C(=O)Nc2ccc(C)cc2C)CC1=O. The molecule has 0 aromatic heterocycles. The maximum Gasteiger partial charge on any atom is 0.229 e. The number of aryl methyl sites for hydroxylation is 3. The molecule has 1 aliphatic rings. The van der Waals surface area contributed by atoms with Crippen molar-refractivity contribution in [3.8, 4) is 5.75 Å². The number of nitrogens with zero attached hydrogens (tertiary/aromatic N) is 1. The summed E-state index contributed by atoms with van der Waals surface area (Å²) in [6, 6.07) is 9.38. The number of halogens is 1. The zero-order valence-electron chi connectivity index (χ0n) is 15.9. The Kier molecular flexibility index (Phi) is 5.42. The van der Waals surface area contributed by atoms with E-state index in [1.54, 1.807) is 11.0 Å². The van der Waals surface area contributed by atoms with Crippen LogP contribution in [0.25, 0.3) is 0 Å². The summed E-state index contributed by atoms with van der Waals surface area (Å²) in [7, 11) is 1.54. The Bertz CT molecular complexity index is 911. The number of benzene rings is 2. The minimum atomic E-state index is -0.418. The van der Waals surface area contributed by atoms with Crippen LogP contribution in [0.15, 0.2) is 30.3 Å². The number of carbonyl (C=O) groups excluding carboxylic acids is 2. The van der Waals surface area contributed by atoms with Gasteiger partial charge in [0.05, 0.1) is 18.7 Å². The zero-order valence-corrected chi connectivity index (χ0v) is 16.7. The van der Waals surface area contributed by atoms with Gasteiger partial charge in [0.1, 0.15) is 5.75 Å². The second-order valence-corrected chi connectivity index (χ2v) is 7.39. The summed E-state index contributed by atoms with van der Waals surface area (Å²) >= 11 is 6.16. The van der Waals surface area contributed by atoms with Crippen LogP contribution in [0.4, 0.5) is 11.4 Å². The summed E-state index contributed by atoms with van der Waals surface area (Å²) in [5.74, 6) is -0.147. The molecular weight excluding hydrogens is 364 g/mol. The number of ether oxygens (including phenoxy) is 1. The van der Waals surface area contributed by atoms with Gasteiger partial charge in [-0.1, -0.05) is 29.3 Å². The molecule has 1 atom stereocenters. The largest absolute Gasteiger partial charge is 0.495 e. The Morgan fingerprint density at radius 1 is 1.19 bits per heavy atom. The van der Waals surface area contributed by atoms with Crippen molar-refractivity contribution in [1.82, 2.24) is 0 Å². The molecule has 0 radical (unpaired) electrons. The molecule has 0 bridgehead atoms. The molecule has 2 amide bonds. The van der Waals surface area contributed by atoms with Gasteiger partial charge in [-0.2, -0.15) is 0 Å². The number of rotatable bonds is 4. The lowest BCUT2D eigenvalue weighted by Crippen LogP contribution is -2.28. The highest BCUT2D eigenvalue weighted by atomic mass is 35.5. The van der Waals surface area contributed by atoms with E-state index in [-0.39, 0.29) is 18.2 Å². The van der Waals surface area contributed by atoms with Gasteiger partial charge in [-0.05, 0) is 44.0 Å². The van der Waals surface area contributed by atoms with Crippen LogP contribution in [0.3, 0.4) is 0 Å². The van der Waals surface area contributed by atoms with Crippen LogP contribution in [0, 0.1) is 26.7 Å². The standard InChI is InChI=1S/C21H23ClN2O3/c1-12-5-6-17(14(3)7-12)23-21(26)15-9-20(25)24(11-15)18-8-13(2)16(22)10-19(18)27-4/h5-8,10,15H,9,11H2,1-4H3,(H,23,26). The highest BCUT2D eigenvalue weighted by Gasteiger charge is 2.36. The monoisotopic (exact) mass is 386 g/mol. The quantitative estimate of drug-likeness (QED) is 0.853. The van der Waals surface area contributed by atoms with Crippen LogP contribution < -0.4 is 15.0 Å². The van der Waals surface area contributed by atoms with Crippen molar-refractivity contribution in [1.29, 1.82) is 0 Å². The fourth-order valence-corrected chi connectivity index (χ4v) is 3.48. The Morgan fingerprint density at radius 2 is 1.93 bits per heavy atom. The molecule has 142 valence electrons. The van der Waals surface area contributed by atoms with E-state index < -0.39 is 5.92 Å². The van der Waals surface area contributed by atoms with E-state index in [0.29, 0.717) is 23.0 Å². The van der Waals surface area contributed by atoms with Crippen molar-refractivity contribution in [2.24, 2.45) is 5.92 Å². The molecule has 1 saturated heterocycles. The number of methoxy groups -OCH3 is 1. The van der Waals surface area contributed by atoms with Gasteiger partial charge >= 0.3 is 0 Å². The van der Waals surface area contributed by atoms with Crippen LogP contribution in [0.2, 0.25) is 5.02 Å². The lowest BCUT2D eigenvalue weighted by molar-refractivity contribution is -0.122. The average Bonchev–Trinajstić information content (AvgIpc) is 3.01. The molecule has 27 heavy (non-hydrogen) atoms. The highest BCUT2D eigenvalue weighted by molar-refractivity contribution is 6.31. The molecule has 1 fully saturated rings. The molecule has 1 aliphatic heterocycles. The molecule has 0 aliphatic carbocycles. The Morgan fingerprint density at radius 3 is 2.59 bits per heavy atom. The van der Waals surface area contributed by atoms with Crippen molar-refractivity contribution in [2.75, 3.05) is 23.9 Å². The van der Waals surface area contributed by atoms with E-state index in [1.807, 2.05) is 45.0 Å². The van der Waals surface area contributed by atoms with E-state index in [9.17, 15) is 9.59 Å². The molecule has 3 rings (SSSR count). The van der Waals surface area contributed by atoms with Crippen molar-refractivity contribution >= 4 is 34.8 Å². The van der Waals surface area contributed by atoms with Crippen LogP contribution in [0.5, 0.6) is 5.75 Å². The first-order chi connectivity index (χ1) is 12.8. The third-order valence-electron chi connectivity index (χ3n) is 4.89. The van der Waals surface area contributed by atoms with Crippen LogP contribution >= 0.6 is 11.6 Å². The Balaban J connectivity index is 1.79. The smallest absolute Gasteiger partial charge is 0.229 e. The number of anilines is 2. The van der Waals surface area contributed by atoms with Crippen LogP contribution in [-0.4, -0.2) is 25.5 Å². The number of hydrogen-bond donors (Lipinski definition) is 1. The van der Waals surface area contributed by atoms with E-state index in [2.05, 4.69) is 5.32 Å². The first kappa shape index (κ1) is 19.2. The predicted octanol–water partition coefficient (Wildman–Crippen LogP) is 4.27. The van der Waals surface area contributed by atoms with Crippen LogP contribution in [0.1, 0.15) is 23.1 Å². The summed E-state index contributed by atoms with van der Waals surface area (Å²) in [6.07, 6.45) is 0.168. The summed E-state index contributed by atoms with van der Waals surface area (Å²) in [5, 5.41) is 3.53. The fourth-order valence-electron chi connectivity index (χ4n) is 3.33. The first-order valence-electron chi connectivity index (χ1n) is 8.82. The Hall–Kier alpha value is -2.53. The van der Waals surface area contributed by atoms with Gasteiger partial charge in [0.25, 0.3) is 0 Å². The molecule has 2 aromatic rings. The van der Waals surface area contributed by atoms with Gasteiger partial charge < -0.3 is 15.0 Å². The fraction of sp³-hybridized carbons (Fsp3) is 0.333. The molecule has 1 unspecified atom stereocenters. The van der Waals surface area contributed by atoms with Gasteiger partial charge in [-0.3, -0.25) is 9.59 Å². The van der Waals surface area contributed by atoms with Gasteiger partial charge in [0, 0.05) is 29.7 Å². The predicted molar refractivity (Wildman–Crippen MR) is 108 cm³/mol. The molecule has 0 saturated carbocycles. The van der Waals surface area contributed by atoms with Gasteiger partial charge in [-0.15, -0.1) is 0 Å². The number of nitrogens with one attached hydrogen (secondary N) is 1. The third-order valence-corrected chi connectivity index (χ3v) is 5.29. The van der Waals surface area contributed by atoms with Crippen molar-refractivity contribution < 1.29 is 14.3 Å². The summed E-state index contributed by atoms with van der Waals surface area (Å²) in [4.78, 5) is 26.9. The second-order valence-electron chi connectivity index (χ2n) is 6.99. The van der Waals surface area contributed by atoms with E-state index in [0.717, 1.165) is 22.4 Å². The van der Waals surface area contributed by atoms with Crippen molar-refractivity contribution in [2.45, 2.75) is 27.2 Å². The van der Waals surface area contributed by atoms with Crippen molar-refractivity contribution in [3.63, 3.8) is 0 Å². The maximum absolute atomic E-state index is 12.7. The molecule has 1 N–H and O–H groups in total. The lowest BCUT2D eigenvalue weighted by Gasteiger charge is -2.21. The maximum atomic E-state index is 12.7. The lowest BCUT2D eigenvalue weighted by atomic mass is 10.1. The topological polar surface area (TPSA) is 58.6 Å². The second kappa shape index (κ2) is 7.61. The van der Waals surface area contributed by atoms with E-state index in [4.69, 9.17) is 16.3 Å². The highest BCUT2D eigenvalue weighted by Crippen LogP contribution is 2.37. The average molecular weight is 387 g/mol. The van der Waals surface area contributed by atoms with Gasteiger partial charge in [0.2, 0.25) is 11.8 Å². The molecule has 6 heteroatoms. The van der Waals surface area contributed by atoms with E-state index in [1.165, 1.54) is 7.11 Å². The number of carbonyl (C=O) groups is 2. The molecular formula is C21H23ClN2O3. The number of amides is 2. The summed E-state index contributed by atoms with van der Waals surface area (Å²) < 4.78 is 5.38. The summed E-state index contributed by atoms with van der Waals surface area (Å²) in [5.41, 5.74) is 4.41. The van der Waals surface area contributed by atoms with Crippen LogP contribution in [-0.2, 0) is 9.59 Å². The van der Waals surface area contributed by atoms with Gasteiger partial charge in [0.15, 0.2) is 0 Å². The zero-order chi connectivity index (χ0) is 19.7. The number of hydrogen-bond acceptors (Lipinski definition) is 3. The Labute approximate surface area is 164 Å². The van der Waals surface area contributed by atoms with Gasteiger partial charge in [-0.25, -0.2) is 0 Å². The minimum absolute atomic E-state index is 0.101. The third kappa shape index (κ3) is 3.93. The molecule has 5 nitrogen and oxygen atoms in total. The normalized spacial score (nSPS) is 16.6. The first-order valence-corrected chi connectivity index (χ1v) is 9.20. The molecule has 0 spiro atoms. The van der Waals surface area contributed by atoms with Crippen molar-refractivity contribution in [3.05, 3.63) is 52.0 Å². The van der Waals surface area contributed by atoms with E-state index >= 15 is 0 Å². The molecule has 2 aromatic carbocycles. The summed E-state index contributed by atoms with van der Waals surface area (Å²) in [6.45, 7) is 6.15.